The van der Waals surface area contributed by atoms with Crippen LogP contribution in [0, 0.1) is 6.92 Å². The zero-order valence-electron chi connectivity index (χ0n) is 11.1. The maximum Gasteiger partial charge on any atom is 0.0924 e. The molecule has 0 fully saturated rings. The number of nitrogens with zero attached hydrogens (tertiary/aromatic N) is 3. The summed E-state index contributed by atoms with van der Waals surface area (Å²) in [6, 6.07) is 10.2. The third-order valence-electron chi connectivity index (χ3n) is 3.16. The molecule has 98 valence electrons. The summed E-state index contributed by atoms with van der Waals surface area (Å²) in [5, 5.41) is 15.8. The fraction of sp³-hybridized carbons (Fsp3) is 0.286. The predicted molar refractivity (Wildman–Crippen MR) is 74.6 cm³/mol. The second-order valence-corrected chi connectivity index (χ2v) is 4.93. The highest BCUT2D eigenvalue weighted by Gasteiger charge is 2.09. The number of aromatic nitrogens is 4. The topological polar surface area (TPSA) is 60.6 Å². The molecule has 0 saturated carbocycles. The van der Waals surface area contributed by atoms with Crippen LogP contribution in [-0.4, -0.2) is 32.3 Å². The van der Waals surface area contributed by atoms with Crippen molar-refractivity contribution in [2.24, 2.45) is 0 Å². The second kappa shape index (κ2) is 4.85. The lowest BCUT2D eigenvalue weighted by Gasteiger charge is -2.13. The smallest absolute Gasteiger partial charge is 0.0924 e. The fourth-order valence-corrected chi connectivity index (χ4v) is 2.29. The van der Waals surface area contributed by atoms with E-state index in [0.717, 1.165) is 35.7 Å². The Morgan fingerprint density at radius 3 is 2.74 bits per heavy atom. The van der Waals surface area contributed by atoms with Gasteiger partial charge in [0.25, 0.3) is 0 Å². The predicted octanol–water partition coefficient (Wildman–Crippen LogP) is 2.23. The van der Waals surface area contributed by atoms with Crippen molar-refractivity contribution in [3.8, 4) is 0 Å². The van der Waals surface area contributed by atoms with Crippen LogP contribution in [0.15, 0.2) is 30.3 Å². The molecule has 0 aliphatic heterocycles. The number of hydrogen-bond acceptors (Lipinski definition) is 3. The SMILES string of the molecule is Cc1cc(CN(C)Cc2[nH]nc3ccccc23)n[nH]1. The largest absolute Gasteiger partial charge is 0.295 e. The number of H-pyrrole nitrogens is 2. The minimum absolute atomic E-state index is 0.817. The van der Waals surface area contributed by atoms with Gasteiger partial charge in [0, 0.05) is 24.2 Å². The normalized spacial score (nSPS) is 11.5. The summed E-state index contributed by atoms with van der Waals surface area (Å²) >= 11 is 0. The molecule has 0 spiro atoms. The van der Waals surface area contributed by atoms with Crippen LogP contribution in [0.5, 0.6) is 0 Å². The van der Waals surface area contributed by atoms with Crippen LogP contribution in [0.3, 0.4) is 0 Å². The van der Waals surface area contributed by atoms with E-state index in [4.69, 9.17) is 0 Å². The first-order valence-electron chi connectivity index (χ1n) is 6.34. The molecule has 3 aromatic rings. The molecule has 2 aromatic heterocycles. The molecule has 0 aliphatic carbocycles. The van der Waals surface area contributed by atoms with Crippen LogP contribution < -0.4 is 0 Å². The second-order valence-electron chi connectivity index (χ2n) is 4.93. The highest BCUT2D eigenvalue weighted by Crippen LogP contribution is 2.16. The lowest BCUT2D eigenvalue weighted by Crippen LogP contribution is -2.17. The first-order chi connectivity index (χ1) is 9.22. The summed E-state index contributed by atoms with van der Waals surface area (Å²) in [5.41, 5.74) is 4.31. The molecule has 0 unspecified atom stereocenters. The van der Waals surface area contributed by atoms with Gasteiger partial charge in [-0.3, -0.25) is 15.1 Å². The van der Waals surface area contributed by atoms with Gasteiger partial charge in [-0.05, 0) is 26.1 Å². The van der Waals surface area contributed by atoms with Crippen LogP contribution in [0.1, 0.15) is 17.1 Å². The zero-order valence-corrected chi connectivity index (χ0v) is 11.1. The molecule has 19 heavy (non-hydrogen) atoms. The van der Waals surface area contributed by atoms with Crippen LogP contribution in [-0.2, 0) is 13.1 Å². The number of hydrogen-bond donors (Lipinski definition) is 2. The van der Waals surface area contributed by atoms with E-state index in [2.05, 4.69) is 44.5 Å². The number of rotatable bonds is 4. The van der Waals surface area contributed by atoms with Crippen molar-refractivity contribution < 1.29 is 0 Å². The summed E-state index contributed by atoms with van der Waals surface area (Å²) in [7, 11) is 2.08. The van der Waals surface area contributed by atoms with E-state index < -0.39 is 0 Å². The summed E-state index contributed by atoms with van der Waals surface area (Å²) < 4.78 is 0. The Hall–Kier alpha value is -2.14. The van der Waals surface area contributed by atoms with E-state index >= 15 is 0 Å². The van der Waals surface area contributed by atoms with Gasteiger partial charge in [-0.25, -0.2) is 0 Å². The van der Waals surface area contributed by atoms with Crippen molar-refractivity contribution in [2.45, 2.75) is 20.0 Å². The van der Waals surface area contributed by atoms with Crippen molar-refractivity contribution in [1.29, 1.82) is 0 Å². The number of benzene rings is 1. The third-order valence-corrected chi connectivity index (χ3v) is 3.16. The van der Waals surface area contributed by atoms with Gasteiger partial charge in [-0.15, -0.1) is 0 Å². The number of fused-ring (bicyclic) bond motifs is 1. The van der Waals surface area contributed by atoms with Gasteiger partial charge in [0.1, 0.15) is 0 Å². The van der Waals surface area contributed by atoms with E-state index in [1.165, 1.54) is 5.39 Å². The quantitative estimate of drug-likeness (QED) is 0.751. The van der Waals surface area contributed by atoms with Crippen molar-refractivity contribution >= 4 is 10.9 Å². The third kappa shape index (κ3) is 2.51. The Labute approximate surface area is 111 Å². The van der Waals surface area contributed by atoms with Gasteiger partial charge in [0.2, 0.25) is 0 Å². The molecule has 0 saturated heterocycles. The molecule has 0 aliphatic rings. The summed E-state index contributed by atoms with van der Waals surface area (Å²) in [6.07, 6.45) is 0. The minimum Gasteiger partial charge on any atom is -0.295 e. The highest BCUT2D eigenvalue weighted by atomic mass is 15.2. The Balaban J connectivity index is 1.74. The average molecular weight is 255 g/mol. The first kappa shape index (κ1) is 11.9. The van der Waals surface area contributed by atoms with Crippen molar-refractivity contribution in [3.05, 3.63) is 47.4 Å². The molecular formula is C14H17N5. The lowest BCUT2D eigenvalue weighted by molar-refractivity contribution is 0.312. The van der Waals surface area contributed by atoms with Gasteiger partial charge >= 0.3 is 0 Å². The van der Waals surface area contributed by atoms with Crippen molar-refractivity contribution in [3.63, 3.8) is 0 Å². The number of aryl methyl sites for hydroxylation is 1. The van der Waals surface area contributed by atoms with E-state index in [-0.39, 0.29) is 0 Å². The van der Waals surface area contributed by atoms with E-state index in [1.807, 2.05) is 25.1 Å². The standard InChI is InChI=1S/C14H17N5/c1-10-7-11(16-15-10)8-19(2)9-14-12-5-3-4-6-13(12)17-18-14/h3-7H,8-9H2,1-2H3,(H,15,16)(H,17,18). The molecule has 2 heterocycles. The first-order valence-corrected chi connectivity index (χ1v) is 6.34. The number of nitrogens with one attached hydrogen (secondary N) is 2. The van der Waals surface area contributed by atoms with Gasteiger partial charge in [0.15, 0.2) is 0 Å². The molecule has 0 radical (unpaired) electrons. The lowest BCUT2D eigenvalue weighted by atomic mass is 10.2. The van der Waals surface area contributed by atoms with Crippen molar-refractivity contribution in [2.75, 3.05) is 7.05 Å². The molecule has 1 aromatic carbocycles. The maximum atomic E-state index is 4.31. The Bertz CT molecular complexity index is 682. The Morgan fingerprint density at radius 1 is 1.11 bits per heavy atom. The summed E-state index contributed by atoms with van der Waals surface area (Å²) in [6.45, 7) is 3.66. The highest BCUT2D eigenvalue weighted by molar-refractivity contribution is 5.81. The molecule has 0 atom stereocenters. The molecular weight excluding hydrogens is 238 g/mol. The monoisotopic (exact) mass is 255 g/mol. The number of para-hydroxylation sites is 1. The Kier molecular flexibility index (Phi) is 3.05. The van der Waals surface area contributed by atoms with Crippen LogP contribution in [0.2, 0.25) is 0 Å². The van der Waals surface area contributed by atoms with Gasteiger partial charge in [-0.2, -0.15) is 10.2 Å². The van der Waals surface area contributed by atoms with Gasteiger partial charge < -0.3 is 0 Å². The molecule has 2 N–H and O–H groups in total. The van der Waals surface area contributed by atoms with Crippen LogP contribution in [0.25, 0.3) is 10.9 Å². The van der Waals surface area contributed by atoms with Gasteiger partial charge in [0.05, 0.1) is 16.9 Å². The number of aromatic amines is 2. The van der Waals surface area contributed by atoms with E-state index in [9.17, 15) is 0 Å². The fourth-order valence-electron chi connectivity index (χ4n) is 2.29. The van der Waals surface area contributed by atoms with E-state index in [0.29, 0.717) is 0 Å². The van der Waals surface area contributed by atoms with Crippen LogP contribution >= 0.6 is 0 Å². The van der Waals surface area contributed by atoms with Gasteiger partial charge in [-0.1, -0.05) is 18.2 Å². The van der Waals surface area contributed by atoms with Crippen molar-refractivity contribution in [1.82, 2.24) is 25.3 Å². The molecule has 3 rings (SSSR count). The minimum atomic E-state index is 0.817. The molecule has 5 heteroatoms. The van der Waals surface area contributed by atoms with E-state index in [1.54, 1.807) is 0 Å². The molecule has 5 nitrogen and oxygen atoms in total. The summed E-state index contributed by atoms with van der Waals surface area (Å²) in [5.74, 6) is 0. The Morgan fingerprint density at radius 2 is 1.95 bits per heavy atom. The average Bonchev–Trinajstić information content (AvgIpc) is 2.97. The maximum absolute atomic E-state index is 4.31. The zero-order chi connectivity index (χ0) is 13.2. The summed E-state index contributed by atoms with van der Waals surface area (Å²) in [4.78, 5) is 2.22. The molecule has 0 amide bonds. The molecule has 0 bridgehead atoms. The van der Waals surface area contributed by atoms with Crippen LogP contribution in [0.4, 0.5) is 0 Å².